The molecule has 2 heterocycles. The number of fused-ring (bicyclic) bond motifs is 1. The van der Waals surface area contributed by atoms with Crippen molar-refractivity contribution in [3.05, 3.63) is 36.2 Å². The van der Waals surface area contributed by atoms with Crippen molar-refractivity contribution in [2.75, 3.05) is 5.32 Å². The van der Waals surface area contributed by atoms with E-state index < -0.39 is 5.79 Å². The lowest BCUT2D eigenvalue weighted by Crippen LogP contribution is -2.33. The maximum absolute atomic E-state index is 5.90. The Morgan fingerprint density at radius 2 is 2.00 bits per heavy atom. The van der Waals surface area contributed by atoms with Gasteiger partial charge in [0.05, 0.1) is 12.2 Å². The van der Waals surface area contributed by atoms with Gasteiger partial charge in [-0.3, -0.25) is 4.68 Å². The van der Waals surface area contributed by atoms with Gasteiger partial charge in [0.2, 0.25) is 5.79 Å². The molecule has 2 aromatic rings. The molecule has 1 unspecified atom stereocenters. The Morgan fingerprint density at radius 1 is 1.23 bits per heavy atom. The Labute approximate surface area is 131 Å². The van der Waals surface area contributed by atoms with Crippen LogP contribution in [0, 0.1) is 0 Å². The zero-order chi connectivity index (χ0) is 15.7. The van der Waals surface area contributed by atoms with Crippen LogP contribution < -0.4 is 14.8 Å². The van der Waals surface area contributed by atoms with Gasteiger partial charge in [-0.05, 0) is 32.0 Å². The maximum Gasteiger partial charge on any atom is 0.248 e. The molecule has 1 aromatic carbocycles. The molecular formula is C17H23N3O2. The monoisotopic (exact) mass is 301 g/mol. The van der Waals surface area contributed by atoms with E-state index in [9.17, 15) is 0 Å². The average molecular weight is 301 g/mol. The van der Waals surface area contributed by atoms with Crippen LogP contribution >= 0.6 is 0 Å². The van der Waals surface area contributed by atoms with Gasteiger partial charge < -0.3 is 14.8 Å². The third-order valence-electron chi connectivity index (χ3n) is 3.95. The van der Waals surface area contributed by atoms with Gasteiger partial charge in [0.15, 0.2) is 11.5 Å². The third-order valence-corrected chi connectivity index (χ3v) is 3.95. The summed E-state index contributed by atoms with van der Waals surface area (Å²) in [7, 11) is 0. The molecule has 118 valence electrons. The zero-order valence-electron chi connectivity index (χ0n) is 13.6. The lowest BCUT2D eigenvalue weighted by Gasteiger charge is -2.20. The van der Waals surface area contributed by atoms with Crippen LogP contribution in [0.4, 0.5) is 5.69 Å². The molecule has 3 rings (SSSR count). The van der Waals surface area contributed by atoms with Crippen molar-refractivity contribution < 1.29 is 9.47 Å². The molecule has 0 fully saturated rings. The number of ether oxygens (including phenoxy) is 2. The van der Waals surface area contributed by atoms with Crippen molar-refractivity contribution in [2.24, 2.45) is 0 Å². The van der Waals surface area contributed by atoms with Crippen LogP contribution in [-0.4, -0.2) is 15.6 Å². The first-order valence-electron chi connectivity index (χ1n) is 7.79. The van der Waals surface area contributed by atoms with Crippen LogP contribution in [-0.2, 0) is 6.54 Å². The maximum atomic E-state index is 5.90. The highest BCUT2D eigenvalue weighted by Crippen LogP contribution is 2.42. The lowest BCUT2D eigenvalue weighted by atomic mass is 10.2. The number of hydrogen-bond donors (Lipinski definition) is 1. The molecular weight excluding hydrogens is 278 g/mol. The smallest absolute Gasteiger partial charge is 0.248 e. The van der Waals surface area contributed by atoms with E-state index in [0.717, 1.165) is 35.8 Å². The predicted molar refractivity (Wildman–Crippen MR) is 86.3 cm³/mol. The van der Waals surface area contributed by atoms with Gasteiger partial charge >= 0.3 is 0 Å². The molecule has 0 aliphatic carbocycles. The van der Waals surface area contributed by atoms with Crippen molar-refractivity contribution in [1.29, 1.82) is 0 Å². The number of hydrogen-bond acceptors (Lipinski definition) is 4. The Hall–Kier alpha value is -2.17. The SMILES string of the molecule is CCC1(C)Oc2ccc(NCc3ccnn3C(C)C)cc2O1. The van der Waals surface area contributed by atoms with E-state index in [0.29, 0.717) is 6.04 Å². The van der Waals surface area contributed by atoms with Crippen LogP contribution in [0.25, 0.3) is 0 Å². The Kier molecular flexibility index (Phi) is 3.72. The van der Waals surface area contributed by atoms with Crippen LogP contribution in [0.5, 0.6) is 11.5 Å². The minimum Gasteiger partial charge on any atom is -0.449 e. The van der Waals surface area contributed by atoms with Crippen molar-refractivity contribution in [1.82, 2.24) is 9.78 Å². The summed E-state index contributed by atoms with van der Waals surface area (Å²) in [5.41, 5.74) is 2.17. The molecule has 0 saturated heterocycles. The predicted octanol–water partition coefficient (Wildman–Crippen LogP) is 3.97. The molecule has 0 saturated carbocycles. The summed E-state index contributed by atoms with van der Waals surface area (Å²) >= 11 is 0. The largest absolute Gasteiger partial charge is 0.449 e. The molecule has 0 spiro atoms. The van der Waals surface area contributed by atoms with Gasteiger partial charge in [0.25, 0.3) is 0 Å². The second-order valence-electron chi connectivity index (χ2n) is 6.07. The first kappa shape index (κ1) is 14.8. The van der Waals surface area contributed by atoms with Crippen molar-refractivity contribution >= 4 is 5.69 Å². The van der Waals surface area contributed by atoms with E-state index in [-0.39, 0.29) is 0 Å². The number of benzene rings is 1. The molecule has 0 amide bonds. The number of nitrogens with zero attached hydrogens (tertiary/aromatic N) is 2. The van der Waals surface area contributed by atoms with E-state index in [1.807, 2.05) is 42.1 Å². The molecule has 0 bridgehead atoms. The Morgan fingerprint density at radius 3 is 2.73 bits per heavy atom. The lowest BCUT2D eigenvalue weighted by molar-refractivity contribution is -0.0640. The number of anilines is 1. The number of aromatic nitrogens is 2. The van der Waals surface area contributed by atoms with Crippen molar-refractivity contribution in [3.8, 4) is 11.5 Å². The molecule has 22 heavy (non-hydrogen) atoms. The molecule has 1 aromatic heterocycles. The van der Waals surface area contributed by atoms with Crippen LogP contribution in [0.15, 0.2) is 30.5 Å². The van der Waals surface area contributed by atoms with E-state index in [1.165, 1.54) is 0 Å². The van der Waals surface area contributed by atoms with E-state index >= 15 is 0 Å². The summed E-state index contributed by atoms with van der Waals surface area (Å²) in [6.07, 6.45) is 2.64. The molecule has 1 aliphatic heterocycles. The third kappa shape index (κ3) is 2.75. The Bertz CT molecular complexity index is 666. The van der Waals surface area contributed by atoms with Crippen molar-refractivity contribution in [2.45, 2.75) is 52.5 Å². The molecule has 1 atom stereocenters. The second kappa shape index (κ2) is 5.55. The molecule has 5 heteroatoms. The Balaban J connectivity index is 1.70. The summed E-state index contributed by atoms with van der Waals surface area (Å²) in [6.45, 7) is 8.99. The highest BCUT2D eigenvalue weighted by molar-refractivity contribution is 5.56. The van der Waals surface area contributed by atoms with Gasteiger partial charge in [0.1, 0.15) is 0 Å². The van der Waals surface area contributed by atoms with E-state index in [1.54, 1.807) is 0 Å². The van der Waals surface area contributed by atoms with Gasteiger partial charge in [0, 0.05) is 37.3 Å². The molecule has 0 radical (unpaired) electrons. The normalized spacial score (nSPS) is 19.7. The fourth-order valence-electron chi connectivity index (χ4n) is 2.55. The summed E-state index contributed by atoms with van der Waals surface area (Å²) < 4.78 is 13.8. The van der Waals surface area contributed by atoms with Gasteiger partial charge in [-0.2, -0.15) is 5.10 Å². The van der Waals surface area contributed by atoms with Crippen LogP contribution in [0.1, 0.15) is 45.9 Å². The van der Waals surface area contributed by atoms with Crippen molar-refractivity contribution in [3.63, 3.8) is 0 Å². The summed E-state index contributed by atoms with van der Waals surface area (Å²) in [5.74, 6) is 1.06. The zero-order valence-corrected chi connectivity index (χ0v) is 13.6. The van der Waals surface area contributed by atoms with Crippen LogP contribution in [0.3, 0.4) is 0 Å². The molecule has 1 aliphatic rings. The number of rotatable bonds is 5. The quantitative estimate of drug-likeness (QED) is 0.907. The topological polar surface area (TPSA) is 48.3 Å². The minimum atomic E-state index is -0.544. The van der Waals surface area contributed by atoms with Gasteiger partial charge in [-0.1, -0.05) is 6.92 Å². The second-order valence-corrected chi connectivity index (χ2v) is 6.07. The molecule has 5 nitrogen and oxygen atoms in total. The van der Waals surface area contributed by atoms with Gasteiger partial charge in [-0.25, -0.2) is 0 Å². The molecule has 1 N–H and O–H groups in total. The first-order chi connectivity index (χ1) is 10.5. The summed E-state index contributed by atoms with van der Waals surface area (Å²) in [4.78, 5) is 0. The van der Waals surface area contributed by atoms with E-state index in [2.05, 4.69) is 31.2 Å². The minimum absolute atomic E-state index is 0.355. The fraction of sp³-hybridized carbons (Fsp3) is 0.471. The fourth-order valence-corrected chi connectivity index (χ4v) is 2.55. The highest BCUT2D eigenvalue weighted by atomic mass is 16.7. The summed E-state index contributed by atoms with van der Waals surface area (Å²) in [5, 5.41) is 7.77. The first-order valence-corrected chi connectivity index (χ1v) is 7.79. The number of nitrogens with one attached hydrogen (secondary N) is 1. The highest BCUT2D eigenvalue weighted by Gasteiger charge is 2.34. The van der Waals surface area contributed by atoms with Gasteiger partial charge in [-0.15, -0.1) is 0 Å². The summed E-state index contributed by atoms with van der Waals surface area (Å²) in [6, 6.07) is 8.35. The van der Waals surface area contributed by atoms with E-state index in [4.69, 9.17) is 9.47 Å². The standard InChI is InChI=1S/C17H23N3O2/c1-5-17(4)21-15-7-6-13(10-16(15)22-17)18-11-14-8-9-19-20(14)12(2)3/h6-10,12,18H,5,11H2,1-4H3. The van der Waals surface area contributed by atoms with Crippen LogP contribution in [0.2, 0.25) is 0 Å². The average Bonchev–Trinajstić information content (AvgIpc) is 3.08.